The molecule has 1 saturated carbocycles. The SMILES string of the molecule is O=C1C2CCCC(C2)C(=O)N1C[B-](F)(F)F.[K+]. The number of rotatable bonds is 2. The fourth-order valence-corrected chi connectivity index (χ4v) is 2.57. The molecule has 17 heavy (non-hydrogen) atoms. The third-order valence-electron chi connectivity index (χ3n) is 3.29. The first-order valence-corrected chi connectivity index (χ1v) is 5.44. The van der Waals surface area contributed by atoms with Gasteiger partial charge in [0.15, 0.2) is 0 Å². The number of imide groups is 1. The molecule has 1 aliphatic heterocycles. The molecule has 90 valence electrons. The second-order valence-electron chi connectivity index (χ2n) is 4.56. The molecule has 1 aliphatic carbocycles. The average molecular weight is 273 g/mol. The van der Waals surface area contributed by atoms with E-state index >= 15 is 0 Å². The van der Waals surface area contributed by atoms with Crippen LogP contribution in [0, 0.1) is 11.8 Å². The van der Waals surface area contributed by atoms with E-state index in [0.29, 0.717) is 24.2 Å². The van der Waals surface area contributed by atoms with E-state index < -0.39 is 25.2 Å². The second-order valence-corrected chi connectivity index (χ2v) is 4.56. The third kappa shape index (κ3) is 3.56. The molecule has 0 N–H and O–H groups in total. The number of hydrogen-bond acceptors (Lipinski definition) is 2. The van der Waals surface area contributed by atoms with Gasteiger partial charge in [-0.15, -0.1) is 0 Å². The number of nitrogens with zero attached hydrogens (tertiary/aromatic N) is 1. The van der Waals surface area contributed by atoms with E-state index in [-0.39, 0.29) is 63.2 Å². The van der Waals surface area contributed by atoms with E-state index in [2.05, 4.69) is 0 Å². The number of amides is 2. The quantitative estimate of drug-likeness (QED) is 0.456. The molecule has 0 spiro atoms. The first kappa shape index (κ1) is 15.7. The molecule has 0 aromatic carbocycles. The normalized spacial score (nSPS) is 29.0. The van der Waals surface area contributed by atoms with Crippen LogP contribution in [0.2, 0.25) is 0 Å². The molecule has 1 heterocycles. The largest absolute Gasteiger partial charge is 1.00 e. The van der Waals surface area contributed by atoms with Crippen molar-refractivity contribution in [3.05, 3.63) is 0 Å². The van der Waals surface area contributed by atoms with Gasteiger partial charge in [0.05, 0.1) is 0 Å². The van der Waals surface area contributed by atoms with Crippen LogP contribution in [0.5, 0.6) is 0 Å². The van der Waals surface area contributed by atoms with Crippen molar-refractivity contribution < 1.29 is 73.9 Å². The van der Waals surface area contributed by atoms with E-state index in [1.165, 1.54) is 0 Å². The topological polar surface area (TPSA) is 37.4 Å². The van der Waals surface area contributed by atoms with Gasteiger partial charge in [-0.25, -0.2) is 0 Å². The van der Waals surface area contributed by atoms with Gasteiger partial charge in [-0.05, 0) is 25.7 Å². The van der Waals surface area contributed by atoms with Crippen LogP contribution in [0.1, 0.15) is 25.7 Å². The minimum Gasteiger partial charge on any atom is -0.448 e. The van der Waals surface area contributed by atoms with E-state index in [1.807, 2.05) is 0 Å². The second kappa shape index (κ2) is 5.73. The van der Waals surface area contributed by atoms with Gasteiger partial charge in [0.25, 0.3) is 0 Å². The number of carbonyl (C=O) groups excluding carboxylic acids is 2. The zero-order valence-corrected chi connectivity index (χ0v) is 12.8. The summed E-state index contributed by atoms with van der Waals surface area (Å²) >= 11 is 0. The monoisotopic (exact) mass is 273 g/mol. The summed E-state index contributed by atoms with van der Waals surface area (Å²) in [5, 5.41) is 0. The smallest absolute Gasteiger partial charge is 0.448 e. The van der Waals surface area contributed by atoms with Crippen LogP contribution < -0.4 is 51.4 Å². The van der Waals surface area contributed by atoms with Crippen LogP contribution in [0.15, 0.2) is 0 Å². The molecular weight excluding hydrogens is 261 g/mol. The van der Waals surface area contributed by atoms with Crippen molar-refractivity contribution in [3.8, 4) is 0 Å². The van der Waals surface area contributed by atoms with Gasteiger partial charge in [-0.3, -0.25) is 9.59 Å². The summed E-state index contributed by atoms with van der Waals surface area (Å²) in [5.41, 5.74) is 0. The first-order valence-electron chi connectivity index (χ1n) is 5.44. The molecule has 8 heteroatoms. The number of piperidine rings is 1. The maximum atomic E-state index is 12.3. The standard InChI is InChI=1S/C9H12BF3NO2.K/c11-10(12,13)5-14-8(15)6-2-1-3-7(4-6)9(14)16;/h6-7H,1-5H2;/q-1;+1. The number of hydrogen-bond donors (Lipinski definition) is 0. The van der Waals surface area contributed by atoms with Crippen molar-refractivity contribution >= 4 is 18.8 Å². The zero-order chi connectivity index (χ0) is 11.9. The van der Waals surface area contributed by atoms with Crippen molar-refractivity contribution in [2.45, 2.75) is 25.7 Å². The summed E-state index contributed by atoms with van der Waals surface area (Å²) in [5.74, 6) is -1.98. The minimum absolute atomic E-state index is 0. The van der Waals surface area contributed by atoms with Crippen molar-refractivity contribution in [1.82, 2.24) is 4.90 Å². The summed E-state index contributed by atoms with van der Waals surface area (Å²) in [7, 11) is 0. The summed E-state index contributed by atoms with van der Waals surface area (Å²) in [6.07, 6.45) is 1.06. The Morgan fingerprint density at radius 1 is 1.12 bits per heavy atom. The van der Waals surface area contributed by atoms with E-state index in [9.17, 15) is 22.5 Å². The molecule has 2 amide bonds. The molecule has 0 aromatic rings. The van der Waals surface area contributed by atoms with Gasteiger partial charge in [0.1, 0.15) is 0 Å². The molecule has 2 unspecified atom stereocenters. The van der Waals surface area contributed by atoms with Gasteiger partial charge in [0.2, 0.25) is 11.8 Å². The fourth-order valence-electron chi connectivity index (χ4n) is 2.57. The molecule has 3 nitrogen and oxygen atoms in total. The van der Waals surface area contributed by atoms with Crippen LogP contribution in [0.4, 0.5) is 12.9 Å². The number of halogens is 3. The van der Waals surface area contributed by atoms with Crippen LogP contribution in [-0.4, -0.2) is 30.1 Å². The number of carbonyl (C=O) groups is 2. The Morgan fingerprint density at radius 3 is 2.00 bits per heavy atom. The van der Waals surface area contributed by atoms with Gasteiger partial charge in [-0.2, -0.15) is 0 Å². The Labute approximate surface area is 140 Å². The van der Waals surface area contributed by atoms with Crippen molar-refractivity contribution in [2.75, 3.05) is 6.44 Å². The Morgan fingerprint density at radius 2 is 1.59 bits per heavy atom. The molecule has 2 bridgehead atoms. The van der Waals surface area contributed by atoms with E-state index in [4.69, 9.17) is 0 Å². The van der Waals surface area contributed by atoms with Gasteiger partial charge in [0, 0.05) is 11.8 Å². The van der Waals surface area contributed by atoms with Gasteiger partial charge in [-0.1, -0.05) is 6.42 Å². The predicted octanol–water partition coefficient (Wildman–Crippen LogP) is -1.45. The maximum Gasteiger partial charge on any atom is 1.00 e. The Hall–Kier alpha value is 0.631. The molecule has 2 fully saturated rings. The van der Waals surface area contributed by atoms with E-state index in [0.717, 1.165) is 6.42 Å². The Bertz CT molecular complexity index is 315. The summed E-state index contributed by atoms with van der Waals surface area (Å²) in [6, 6.07) is 0. The predicted molar refractivity (Wildman–Crippen MR) is 51.2 cm³/mol. The van der Waals surface area contributed by atoms with E-state index in [1.54, 1.807) is 0 Å². The summed E-state index contributed by atoms with van der Waals surface area (Å²) < 4.78 is 36.8. The summed E-state index contributed by atoms with van der Waals surface area (Å²) in [4.78, 5) is 23.7. The molecule has 0 radical (unpaired) electrons. The average Bonchev–Trinajstić information content (AvgIpc) is 2.21. The molecule has 2 rings (SSSR count). The number of fused-ring (bicyclic) bond motifs is 2. The van der Waals surface area contributed by atoms with Crippen LogP contribution in [0.25, 0.3) is 0 Å². The van der Waals surface area contributed by atoms with Crippen molar-refractivity contribution in [2.24, 2.45) is 11.8 Å². The van der Waals surface area contributed by atoms with Gasteiger partial charge < -0.3 is 17.8 Å². The van der Waals surface area contributed by atoms with Crippen molar-refractivity contribution in [1.29, 1.82) is 0 Å². The Kier molecular flexibility index (Phi) is 5.29. The molecule has 2 atom stereocenters. The molecular formula is C9H12BF3KNO2. The van der Waals surface area contributed by atoms with Crippen molar-refractivity contribution in [3.63, 3.8) is 0 Å². The maximum absolute atomic E-state index is 12.3. The molecule has 2 aliphatic rings. The van der Waals surface area contributed by atoms with Crippen LogP contribution in [0.3, 0.4) is 0 Å². The molecule has 0 aromatic heterocycles. The third-order valence-corrected chi connectivity index (χ3v) is 3.29. The zero-order valence-electron chi connectivity index (χ0n) is 9.67. The minimum atomic E-state index is -5.13. The number of likely N-dealkylation sites (tertiary alicyclic amines) is 1. The fraction of sp³-hybridized carbons (Fsp3) is 0.778. The first-order chi connectivity index (χ1) is 7.38. The molecule has 1 saturated heterocycles. The Balaban J connectivity index is 0.00000144. The van der Waals surface area contributed by atoms with Gasteiger partial charge >= 0.3 is 58.4 Å². The van der Waals surface area contributed by atoms with Crippen LogP contribution in [-0.2, 0) is 9.59 Å². The van der Waals surface area contributed by atoms with Crippen LogP contribution >= 0.6 is 0 Å². The summed E-state index contributed by atoms with van der Waals surface area (Å²) in [6.45, 7) is -5.13.